The summed E-state index contributed by atoms with van der Waals surface area (Å²) in [6.45, 7) is 8.70. The van der Waals surface area contributed by atoms with Crippen molar-refractivity contribution in [2.45, 2.75) is 70.9 Å². The van der Waals surface area contributed by atoms with Gasteiger partial charge in [-0.25, -0.2) is 21.2 Å². The summed E-state index contributed by atoms with van der Waals surface area (Å²) in [5, 5.41) is 9.86. The highest BCUT2D eigenvalue weighted by Crippen LogP contribution is 2.40. The first-order chi connectivity index (χ1) is 28.8. The molecule has 0 saturated heterocycles. The Labute approximate surface area is 347 Å². The summed E-state index contributed by atoms with van der Waals surface area (Å²) < 4.78 is 76.8. The number of aryl methyl sites for hydroxylation is 2. The van der Waals surface area contributed by atoms with E-state index in [1.165, 1.54) is 36.5 Å². The molecule has 1 atom stereocenters. The van der Waals surface area contributed by atoms with E-state index in [4.69, 9.17) is 14.6 Å². The summed E-state index contributed by atoms with van der Waals surface area (Å²) >= 11 is 0. The van der Waals surface area contributed by atoms with Crippen LogP contribution in [0.15, 0.2) is 127 Å². The maximum atomic E-state index is 16.7. The number of rotatable bonds is 7. The lowest BCUT2D eigenvalue weighted by Gasteiger charge is -2.23. The monoisotopic (exact) mass is 829 g/mol. The number of aromatic nitrogens is 5. The van der Waals surface area contributed by atoms with Crippen LogP contribution < -0.4 is 4.74 Å². The van der Waals surface area contributed by atoms with Gasteiger partial charge in [-0.3, -0.25) is 14.2 Å². The number of halogens is 2. The molecule has 0 fully saturated rings. The summed E-state index contributed by atoms with van der Waals surface area (Å²) in [5.74, 6) is -1.53. The first-order valence-electron chi connectivity index (χ1n) is 19.9. The molecule has 0 spiro atoms. The highest BCUT2D eigenvalue weighted by Gasteiger charge is 2.27. The van der Waals surface area contributed by atoms with Gasteiger partial charge in [0.2, 0.25) is 0 Å². The number of hydrogen-bond acceptors (Lipinski definition) is 7. The summed E-state index contributed by atoms with van der Waals surface area (Å²) in [7, 11) is -4.09. The first-order valence-corrected chi connectivity index (χ1v) is 21.3. The van der Waals surface area contributed by atoms with Crippen LogP contribution in [-0.4, -0.2) is 44.5 Å². The second-order valence-electron chi connectivity index (χ2n) is 15.8. The number of fused-ring (bicyclic) bond motifs is 9. The molecule has 308 valence electrons. The van der Waals surface area contributed by atoms with E-state index in [0.717, 1.165) is 32.3 Å². The molecule has 4 heterocycles. The van der Waals surface area contributed by atoms with Crippen molar-refractivity contribution in [2.24, 2.45) is 5.41 Å². The molecule has 0 saturated carbocycles. The molecule has 1 aliphatic rings. The van der Waals surface area contributed by atoms with E-state index in [9.17, 15) is 13.2 Å². The SMILES string of the molecule is CCOC(=O)CCc1cccc(C2C/C=C\C(C)(C)Cn3cc(cn3)Cc3c(c(F)cc4c3ccn4S(=O)(=O)c3ccc(C)cc3)Oc3ccc(F)c(c3)-c3ccnn32)c1. The third-order valence-corrected chi connectivity index (χ3v) is 12.5. The average molecular weight is 830 g/mol. The average Bonchev–Trinajstić information content (AvgIpc) is 3.98. The second-order valence-corrected chi connectivity index (χ2v) is 17.7. The number of allylic oxidation sites excluding steroid dienone is 2. The Balaban J connectivity index is 1.26. The fourth-order valence-corrected chi connectivity index (χ4v) is 9.18. The third-order valence-electron chi connectivity index (χ3n) is 10.8. The standard InChI is InChI=1S/C47H45F2N5O5S/c1-5-58-45(55)18-13-32-8-6-9-34(24-32)42-10-7-21-47(3,4)30-52-29-33(28-51-52)25-38-37-20-23-53(60(56,57)36-15-11-31(2)12-16-36)44(37)27-41(49)46(38)59-35-14-17-40(48)39(26-35)43-19-22-50-54(42)43/h6-9,11-12,14-17,19-24,26-29,42H,5,10,13,18,25,30H2,1-4H3/b21-7-. The summed E-state index contributed by atoms with van der Waals surface area (Å²) in [5.41, 5.74) is 4.39. The van der Waals surface area contributed by atoms with Gasteiger partial charge in [-0.2, -0.15) is 10.2 Å². The van der Waals surface area contributed by atoms with E-state index >= 15 is 8.78 Å². The molecule has 0 N–H and O–H groups in total. The molecule has 4 bridgehead atoms. The predicted octanol–water partition coefficient (Wildman–Crippen LogP) is 9.98. The number of ether oxygens (including phenoxy) is 2. The molecule has 1 unspecified atom stereocenters. The molecule has 3 aromatic heterocycles. The van der Waals surface area contributed by atoms with Gasteiger partial charge in [-0.1, -0.05) is 68.0 Å². The number of hydrogen-bond donors (Lipinski definition) is 0. The molecule has 8 rings (SSSR count). The Morgan fingerprint density at radius 2 is 1.80 bits per heavy atom. The minimum Gasteiger partial charge on any atom is -0.466 e. The molecule has 7 aromatic rings. The molecule has 1 aliphatic heterocycles. The van der Waals surface area contributed by atoms with Crippen molar-refractivity contribution in [2.75, 3.05) is 6.61 Å². The Morgan fingerprint density at radius 1 is 0.983 bits per heavy atom. The lowest BCUT2D eigenvalue weighted by Crippen LogP contribution is -2.18. The van der Waals surface area contributed by atoms with Crippen molar-refractivity contribution in [1.29, 1.82) is 0 Å². The van der Waals surface area contributed by atoms with Crippen LogP contribution >= 0.6 is 0 Å². The Bertz CT molecular complexity index is 2860. The van der Waals surface area contributed by atoms with Crippen LogP contribution in [0.5, 0.6) is 11.5 Å². The Morgan fingerprint density at radius 3 is 2.60 bits per heavy atom. The van der Waals surface area contributed by atoms with E-state index in [1.807, 2.05) is 42.1 Å². The van der Waals surface area contributed by atoms with E-state index < -0.39 is 21.7 Å². The van der Waals surface area contributed by atoms with Crippen molar-refractivity contribution in [1.82, 2.24) is 23.5 Å². The van der Waals surface area contributed by atoms with Crippen molar-refractivity contribution in [3.8, 4) is 22.8 Å². The predicted molar refractivity (Wildman–Crippen MR) is 225 cm³/mol. The number of carbonyl (C=O) groups excluding carboxylic acids is 1. The number of nitrogens with zero attached hydrogens (tertiary/aromatic N) is 5. The zero-order valence-electron chi connectivity index (χ0n) is 33.8. The summed E-state index contributed by atoms with van der Waals surface area (Å²) in [6, 6.07) is 22.8. The van der Waals surface area contributed by atoms with Crippen LogP contribution in [0.2, 0.25) is 0 Å². The van der Waals surface area contributed by atoms with Gasteiger partial charge < -0.3 is 9.47 Å². The summed E-state index contributed by atoms with van der Waals surface area (Å²) in [6.07, 6.45) is 12.3. The van der Waals surface area contributed by atoms with Crippen LogP contribution in [0.4, 0.5) is 8.78 Å². The van der Waals surface area contributed by atoms with Crippen molar-refractivity contribution in [3.63, 3.8) is 0 Å². The molecule has 0 amide bonds. The van der Waals surface area contributed by atoms with Crippen LogP contribution in [-0.2, 0) is 38.9 Å². The van der Waals surface area contributed by atoms with Gasteiger partial charge >= 0.3 is 5.97 Å². The zero-order valence-corrected chi connectivity index (χ0v) is 34.6. The maximum absolute atomic E-state index is 16.7. The first kappa shape index (κ1) is 40.4. The van der Waals surface area contributed by atoms with Crippen LogP contribution in [0.25, 0.3) is 22.2 Å². The third kappa shape index (κ3) is 8.26. The molecule has 13 heteroatoms. The second kappa shape index (κ2) is 16.4. The van der Waals surface area contributed by atoms with Gasteiger partial charge in [0.25, 0.3) is 10.0 Å². The molecule has 0 radical (unpaired) electrons. The van der Waals surface area contributed by atoms with Crippen LogP contribution in [0.3, 0.4) is 0 Å². The highest BCUT2D eigenvalue weighted by molar-refractivity contribution is 7.90. The van der Waals surface area contributed by atoms with Crippen molar-refractivity contribution in [3.05, 3.63) is 161 Å². The quantitative estimate of drug-likeness (QED) is 0.116. The molecule has 60 heavy (non-hydrogen) atoms. The van der Waals surface area contributed by atoms with Gasteiger partial charge in [-0.15, -0.1) is 0 Å². The molecular formula is C47H45F2N5O5S. The van der Waals surface area contributed by atoms with Crippen molar-refractivity contribution < 1.29 is 31.5 Å². The number of esters is 1. The molecule has 10 nitrogen and oxygen atoms in total. The van der Waals surface area contributed by atoms with Crippen LogP contribution in [0.1, 0.15) is 67.5 Å². The van der Waals surface area contributed by atoms with E-state index in [2.05, 4.69) is 31.1 Å². The Hall–Kier alpha value is -6.34. The smallest absolute Gasteiger partial charge is 0.306 e. The van der Waals surface area contributed by atoms with Gasteiger partial charge in [0.15, 0.2) is 11.6 Å². The minimum absolute atomic E-state index is 0.0704. The lowest BCUT2D eigenvalue weighted by molar-refractivity contribution is -0.143. The normalized spacial score (nSPS) is 15.9. The summed E-state index contributed by atoms with van der Waals surface area (Å²) in [4.78, 5) is 12.3. The van der Waals surface area contributed by atoms with Gasteiger partial charge in [-0.05, 0) is 85.8 Å². The maximum Gasteiger partial charge on any atom is 0.306 e. The number of benzene rings is 4. The topological polar surface area (TPSA) is 110 Å². The lowest BCUT2D eigenvalue weighted by atomic mass is 9.91. The highest BCUT2D eigenvalue weighted by atomic mass is 32.2. The molecular weight excluding hydrogens is 785 g/mol. The van der Waals surface area contributed by atoms with Gasteiger partial charge in [0, 0.05) is 66.0 Å². The zero-order chi connectivity index (χ0) is 42.2. The fourth-order valence-electron chi connectivity index (χ4n) is 7.84. The number of carbonyl (C=O) groups is 1. The van der Waals surface area contributed by atoms with Gasteiger partial charge in [0.1, 0.15) is 11.6 Å². The van der Waals surface area contributed by atoms with Crippen LogP contribution in [0, 0.1) is 24.0 Å². The molecule has 0 aliphatic carbocycles. The van der Waals surface area contributed by atoms with E-state index in [1.54, 1.807) is 48.3 Å². The minimum atomic E-state index is -4.09. The molecule has 4 aromatic carbocycles. The fraction of sp³-hybridized carbons (Fsp3) is 0.255. The van der Waals surface area contributed by atoms with E-state index in [-0.39, 0.29) is 57.7 Å². The Kier molecular flexibility index (Phi) is 11.0. The van der Waals surface area contributed by atoms with Gasteiger partial charge in [0.05, 0.1) is 35.0 Å². The van der Waals surface area contributed by atoms with Crippen molar-refractivity contribution >= 4 is 26.9 Å². The van der Waals surface area contributed by atoms with E-state index in [0.29, 0.717) is 42.6 Å². The largest absolute Gasteiger partial charge is 0.466 e.